The third kappa shape index (κ3) is 1.89. The van der Waals surface area contributed by atoms with E-state index in [0.29, 0.717) is 4.67 Å². The minimum absolute atomic E-state index is 0.264. The Hall–Kier alpha value is -0.590. The van der Waals surface area contributed by atoms with Crippen molar-refractivity contribution in [3.63, 3.8) is 0 Å². The second kappa shape index (κ2) is 4.11. The monoisotopic (exact) mass is 333 g/mol. The number of hydrogen-bond donors (Lipinski definition) is 1. The van der Waals surface area contributed by atoms with Crippen LogP contribution < -0.4 is 5.73 Å². The number of halogens is 2. The fourth-order valence-electron chi connectivity index (χ4n) is 1.44. The predicted molar refractivity (Wildman–Crippen MR) is 63.3 cm³/mol. The molecule has 0 aliphatic carbocycles. The van der Waals surface area contributed by atoms with Crippen molar-refractivity contribution in [3.8, 4) is 0 Å². The molecule has 0 amide bonds. The first kappa shape index (κ1) is 10.9. The molecule has 80 valence electrons. The van der Waals surface area contributed by atoms with E-state index in [2.05, 4.69) is 37.0 Å². The van der Waals surface area contributed by atoms with Crippen LogP contribution >= 0.6 is 31.9 Å². The number of aromatic nitrogens is 2. The van der Waals surface area contributed by atoms with Crippen molar-refractivity contribution in [1.82, 2.24) is 9.78 Å². The van der Waals surface area contributed by atoms with Gasteiger partial charge in [0.05, 0.1) is 28.7 Å². The lowest BCUT2D eigenvalue weighted by Gasteiger charge is -2.11. The van der Waals surface area contributed by atoms with Crippen molar-refractivity contribution in [1.29, 1.82) is 0 Å². The second-order valence-electron chi connectivity index (χ2n) is 3.13. The number of hydrogen-bond acceptors (Lipinski definition) is 3. The highest BCUT2D eigenvalue weighted by Crippen LogP contribution is 2.31. The third-order valence-electron chi connectivity index (χ3n) is 2.21. The summed E-state index contributed by atoms with van der Waals surface area (Å²) in [4.78, 5) is 0. The van der Waals surface area contributed by atoms with Gasteiger partial charge in [0.1, 0.15) is 0 Å². The lowest BCUT2D eigenvalue weighted by molar-refractivity contribution is 0.532. The largest absolute Gasteiger partial charge is 0.457 e. The number of nitrogens with two attached hydrogens (primary N) is 1. The maximum absolute atomic E-state index is 6.13. The lowest BCUT2D eigenvalue weighted by atomic mass is 10.1. The normalized spacial score (nSPS) is 13.1. The van der Waals surface area contributed by atoms with E-state index >= 15 is 0 Å². The molecule has 2 heterocycles. The van der Waals surface area contributed by atoms with Crippen molar-refractivity contribution in [2.75, 3.05) is 0 Å². The number of furan rings is 1. The first-order valence-corrected chi connectivity index (χ1v) is 5.85. The van der Waals surface area contributed by atoms with Crippen LogP contribution in [0.4, 0.5) is 0 Å². The van der Waals surface area contributed by atoms with Gasteiger partial charge in [-0.3, -0.25) is 4.68 Å². The first-order valence-electron chi connectivity index (χ1n) is 4.27. The fourth-order valence-corrected chi connectivity index (χ4v) is 2.53. The summed E-state index contributed by atoms with van der Waals surface area (Å²) in [5, 5.41) is 4.12. The van der Waals surface area contributed by atoms with Crippen LogP contribution in [0.1, 0.15) is 17.3 Å². The molecule has 2 aromatic heterocycles. The average molecular weight is 335 g/mol. The maximum atomic E-state index is 6.13. The molecule has 0 aliphatic rings. The Bertz CT molecular complexity index is 458. The van der Waals surface area contributed by atoms with E-state index in [4.69, 9.17) is 10.2 Å². The van der Waals surface area contributed by atoms with E-state index in [1.165, 1.54) is 0 Å². The van der Waals surface area contributed by atoms with Crippen LogP contribution in [0.2, 0.25) is 0 Å². The first-order chi connectivity index (χ1) is 7.11. The van der Waals surface area contributed by atoms with Crippen LogP contribution in [0.5, 0.6) is 0 Å². The summed E-state index contributed by atoms with van der Waals surface area (Å²) in [6, 6.07) is 1.58. The molecule has 0 fully saturated rings. The van der Waals surface area contributed by atoms with Gasteiger partial charge in [-0.05, 0) is 37.9 Å². The summed E-state index contributed by atoms with van der Waals surface area (Å²) < 4.78 is 8.45. The summed E-state index contributed by atoms with van der Waals surface area (Å²) in [5.41, 5.74) is 7.94. The van der Waals surface area contributed by atoms with E-state index in [-0.39, 0.29) is 6.04 Å². The molecule has 2 aromatic rings. The molecule has 2 N–H and O–H groups in total. The van der Waals surface area contributed by atoms with E-state index in [1.54, 1.807) is 17.1 Å². The minimum Gasteiger partial charge on any atom is -0.457 e. The molecule has 2 rings (SSSR count). The van der Waals surface area contributed by atoms with Gasteiger partial charge in [0.15, 0.2) is 4.67 Å². The number of aryl methyl sites for hydroxylation is 1. The average Bonchev–Trinajstić information content (AvgIpc) is 2.73. The Kier molecular flexibility index (Phi) is 2.99. The Morgan fingerprint density at radius 2 is 2.27 bits per heavy atom. The van der Waals surface area contributed by atoms with Crippen molar-refractivity contribution in [2.24, 2.45) is 12.8 Å². The minimum atomic E-state index is -0.264. The quantitative estimate of drug-likeness (QED) is 0.918. The molecule has 1 unspecified atom stereocenters. The fraction of sp³-hybridized carbons (Fsp3) is 0.222. The van der Waals surface area contributed by atoms with Crippen molar-refractivity contribution < 1.29 is 4.42 Å². The highest BCUT2D eigenvalue weighted by atomic mass is 79.9. The van der Waals surface area contributed by atoms with Gasteiger partial charge in [0.25, 0.3) is 0 Å². The van der Waals surface area contributed by atoms with Gasteiger partial charge >= 0.3 is 0 Å². The molecular weight excluding hydrogens is 326 g/mol. The van der Waals surface area contributed by atoms with Gasteiger partial charge in [0.2, 0.25) is 0 Å². The molecule has 0 aromatic carbocycles. The summed E-state index contributed by atoms with van der Waals surface area (Å²) in [6.07, 6.45) is 3.33. The van der Waals surface area contributed by atoms with Crippen LogP contribution in [0.15, 0.2) is 32.1 Å². The van der Waals surface area contributed by atoms with Gasteiger partial charge < -0.3 is 10.2 Å². The Morgan fingerprint density at radius 1 is 1.53 bits per heavy atom. The Balaban J connectivity index is 2.45. The Labute approximate surface area is 104 Å². The van der Waals surface area contributed by atoms with Gasteiger partial charge in [-0.25, -0.2) is 0 Å². The highest BCUT2D eigenvalue weighted by molar-refractivity contribution is 9.10. The molecule has 0 saturated heterocycles. The summed E-state index contributed by atoms with van der Waals surface area (Å²) in [5.74, 6) is 0. The smallest absolute Gasteiger partial charge is 0.174 e. The van der Waals surface area contributed by atoms with Crippen molar-refractivity contribution >= 4 is 31.9 Å². The standard InChI is InChI=1S/C9H9Br2N3O/c1-14-8(6(10)4-13-14)7(12)5-2-3-15-9(5)11/h2-4,7H,12H2,1H3. The van der Waals surface area contributed by atoms with Crippen LogP contribution in [-0.4, -0.2) is 9.78 Å². The van der Waals surface area contributed by atoms with Gasteiger partial charge in [0, 0.05) is 12.6 Å². The molecule has 1 atom stereocenters. The summed E-state index contributed by atoms with van der Waals surface area (Å²) >= 11 is 6.73. The predicted octanol–water partition coefficient (Wildman–Crippen LogP) is 2.59. The molecule has 6 heteroatoms. The van der Waals surface area contributed by atoms with Gasteiger partial charge in [-0.15, -0.1) is 0 Å². The molecule has 0 radical (unpaired) electrons. The SMILES string of the molecule is Cn1ncc(Br)c1C(N)c1ccoc1Br. The molecule has 15 heavy (non-hydrogen) atoms. The zero-order valence-corrected chi connectivity index (χ0v) is 11.1. The number of nitrogens with zero attached hydrogens (tertiary/aromatic N) is 2. The molecule has 0 saturated carbocycles. The molecular formula is C9H9Br2N3O. The van der Waals surface area contributed by atoms with Crippen LogP contribution in [0, 0.1) is 0 Å². The van der Waals surface area contributed by atoms with Crippen molar-refractivity contribution in [2.45, 2.75) is 6.04 Å². The van der Waals surface area contributed by atoms with Crippen molar-refractivity contribution in [3.05, 3.63) is 38.9 Å². The van der Waals surface area contributed by atoms with E-state index in [9.17, 15) is 0 Å². The third-order valence-corrected chi connectivity index (χ3v) is 3.47. The van der Waals surface area contributed by atoms with E-state index in [1.807, 2.05) is 13.1 Å². The van der Waals surface area contributed by atoms with Crippen LogP contribution in [0.3, 0.4) is 0 Å². The number of rotatable bonds is 2. The molecule has 0 aliphatic heterocycles. The zero-order valence-electron chi connectivity index (χ0n) is 7.95. The second-order valence-corrected chi connectivity index (χ2v) is 4.70. The topological polar surface area (TPSA) is 57.0 Å². The molecule has 0 bridgehead atoms. The van der Waals surface area contributed by atoms with E-state index < -0.39 is 0 Å². The van der Waals surface area contributed by atoms with E-state index in [0.717, 1.165) is 15.7 Å². The van der Waals surface area contributed by atoms with Gasteiger partial charge in [-0.2, -0.15) is 5.10 Å². The zero-order chi connectivity index (χ0) is 11.0. The highest BCUT2D eigenvalue weighted by Gasteiger charge is 2.20. The van der Waals surface area contributed by atoms with Gasteiger partial charge in [-0.1, -0.05) is 0 Å². The Morgan fingerprint density at radius 3 is 2.73 bits per heavy atom. The summed E-state index contributed by atoms with van der Waals surface area (Å²) in [7, 11) is 1.86. The molecule has 4 nitrogen and oxygen atoms in total. The lowest BCUT2D eigenvalue weighted by Crippen LogP contribution is -2.16. The summed E-state index contributed by atoms with van der Waals surface area (Å²) in [6.45, 7) is 0. The van der Waals surface area contributed by atoms with Crippen LogP contribution in [-0.2, 0) is 7.05 Å². The molecule has 0 spiro atoms. The van der Waals surface area contributed by atoms with Crippen LogP contribution in [0.25, 0.3) is 0 Å². The maximum Gasteiger partial charge on any atom is 0.174 e.